The quantitative estimate of drug-likeness (QED) is 0.855. The van der Waals surface area contributed by atoms with Gasteiger partial charge in [-0.05, 0) is 22.0 Å². The maximum absolute atomic E-state index is 11.0. The average molecular weight is 324 g/mol. The van der Waals surface area contributed by atoms with Crippen molar-refractivity contribution in [2.75, 3.05) is 12.5 Å². The van der Waals surface area contributed by atoms with E-state index < -0.39 is 0 Å². The van der Waals surface area contributed by atoms with Crippen molar-refractivity contribution in [2.45, 2.75) is 0 Å². The summed E-state index contributed by atoms with van der Waals surface area (Å²) in [5, 5.41) is 4.11. The smallest absolute Gasteiger partial charge is 0.231 e. The van der Waals surface area contributed by atoms with Crippen LogP contribution in [-0.2, 0) is 7.05 Å². The molecule has 0 radical (unpaired) electrons. The number of hydrogen-bond acceptors (Lipinski definition) is 5. The van der Waals surface area contributed by atoms with Gasteiger partial charge in [0.2, 0.25) is 6.79 Å². The third kappa shape index (κ3) is 1.69. The summed E-state index contributed by atoms with van der Waals surface area (Å²) in [5.74, 6) is 1.46. The fourth-order valence-corrected chi connectivity index (χ4v) is 2.68. The van der Waals surface area contributed by atoms with Crippen molar-refractivity contribution in [3.63, 3.8) is 0 Å². The molecule has 1 aromatic carbocycles. The Morgan fingerprint density at radius 1 is 1.47 bits per heavy atom. The van der Waals surface area contributed by atoms with Crippen LogP contribution in [0.25, 0.3) is 11.1 Å². The van der Waals surface area contributed by atoms with Gasteiger partial charge in [0.25, 0.3) is 0 Å². The van der Waals surface area contributed by atoms with Crippen LogP contribution in [0.3, 0.4) is 0 Å². The van der Waals surface area contributed by atoms with Crippen LogP contribution in [0.5, 0.6) is 11.5 Å². The first-order valence-corrected chi connectivity index (χ1v) is 6.28. The van der Waals surface area contributed by atoms with Crippen molar-refractivity contribution < 1.29 is 14.3 Å². The number of benzene rings is 1. The number of fused-ring (bicyclic) bond motifs is 1. The first-order valence-electron chi connectivity index (χ1n) is 5.48. The number of nitrogens with zero attached hydrogens (tertiary/aromatic N) is 2. The van der Waals surface area contributed by atoms with Crippen molar-refractivity contribution in [1.82, 2.24) is 9.78 Å². The van der Waals surface area contributed by atoms with Crippen LogP contribution < -0.4 is 15.2 Å². The van der Waals surface area contributed by atoms with Crippen molar-refractivity contribution in [3.05, 3.63) is 22.3 Å². The van der Waals surface area contributed by atoms with Gasteiger partial charge in [0.05, 0.1) is 11.8 Å². The summed E-state index contributed by atoms with van der Waals surface area (Å²) in [5.41, 5.74) is 7.89. The van der Waals surface area contributed by atoms with E-state index in [0.29, 0.717) is 27.4 Å². The molecule has 6 nitrogen and oxygen atoms in total. The molecular weight excluding hydrogens is 314 g/mol. The number of anilines is 1. The van der Waals surface area contributed by atoms with E-state index in [-0.39, 0.29) is 6.79 Å². The lowest BCUT2D eigenvalue weighted by Crippen LogP contribution is -1.99. The Balaban J connectivity index is 2.31. The minimum atomic E-state index is 0.0831. The summed E-state index contributed by atoms with van der Waals surface area (Å²) in [6.07, 6.45) is 2.38. The van der Waals surface area contributed by atoms with Crippen LogP contribution in [-0.4, -0.2) is 22.9 Å². The number of carbonyl (C=O) groups is 1. The molecule has 1 aromatic heterocycles. The number of nitrogen functional groups attached to an aromatic ring is 1. The van der Waals surface area contributed by atoms with Crippen molar-refractivity contribution >= 4 is 28.0 Å². The Morgan fingerprint density at radius 3 is 2.84 bits per heavy atom. The molecule has 0 saturated carbocycles. The minimum absolute atomic E-state index is 0.0831. The summed E-state index contributed by atoms with van der Waals surface area (Å²) in [7, 11) is 1.75. The topological polar surface area (TPSA) is 79.4 Å². The molecule has 0 bridgehead atoms. The predicted molar refractivity (Wildman–Crippen MR) is 72.3 cm³/mol. The molecule has 0 amide bonds. The molecule has 0 aliphatic carbocycles. The summed E-state index contributed by atoms with van der Waals surface area (Å²) >= 11 is 3.43. The first-order chi connectivity index (χ1) is 9.13. The van der Waals surface area contributed by atoms with Gasteiger partial charge in [-0.2, -0.15) is 5.10 Å². The largest absolute Gasteiger partial charge is 0.453 e. The zero-order valence-corrected chi connectivity index (χ0v) is 11.6. The van der Waals surface area contributed by atoms with Crippen LogP contribution >= 0.6 is 15.9 Å². The highest BCUT2D eigenvalue weighted by Crippen LogP contribution is 2.48. The van der Waals surface area contributed by atoms with Crippen LogP contribution in [0.4, 0.5) is 5.82 Å². The minimum Gasteiger partial charge on any atom is -0.453 e. The molecular formula is C12H10BrN3O3. The fraction of sp³-hybridized carbons (Fsp3) is 0.167. The van der Waals surface area contributed by atoms with Gasteiger partial charge < -0.3 is 15.2 Å². The van der Waals surface area contributed by atoms with E-state index in [4.69, 9.17) is 15.2 Å². The number of carbonyl (C=O) groups excluding carboxylic acids is 1. The Labute approximate surface area is 117 Å². The lowest BCUT2D eigenvalue weighted by atomic mass is 10.0. The summed E-state index contributed by atoms with van der Waals surface area (Å²) in [6, 6.07) is 1.68. The fourth-order valence-electron chi connectivity index (χ4n) is 2.04. The van der Waals surface area contributed by atoms with Crippen LogP contribution in [0, 0.1) is 0 Å². The molecule has 2 N–H and O–H groups in total. The highest BCUT2D eigenvalue weighted by molar-refractivity contribution is 9.10. The monoisotopic (exact) mass is 323 g/mol. The second kappa shape index (κ2) is 4.27. The number of hydrogen-bond donors (Lipinski definition) is 1. The summed E-state index contributed by atoms with van der Waals surface area (Å²) in [6.45, 7) is 0.0831. The van der Waals surface area contributed by atoms with E-state index in [1.165, 1.54) is 0 Å². The molecule has 0 saturated heterocycles. The molecule has 0 atom stereocenters. The van der Waals surface area contributed by atoms with Gasteiger partial charge >= 0.3 is 0 Å². The first kappa shape index (κ1) is 12.0. The Hall–Kier alpha value is -2.02. The van der Waals surface area contributed by atoms with E-state index in [1.807, 2.05) is 0 Å². The van der Waals surface area contributed by atoms with E-state index in [9.17, 15) is 4.79 Å². The number of rotatable bonds is 2. The molecule has 2 aromatic rings. The number of aromatic nitrogens is 2. The van der Waals surface area contributed by atoms with Gasteiger partial charge in [-0.15, -0.1) is 0 Å². The van der Waals surface area contributed by atoms with Gasteiger partial charge in [0.15, 0.2) is 17.8 Å². The second-order valence-corrected chi connectivity index (χ2v) is 4.93. The van der Waals surface area contributed by atoms with Gasteiger partial charge in [-0.25, -0.2) is 0 Å². The van der Waals surface area contributed by atoms with E-state index in [1.54, 1.807) is 24.0 Å². The standard InChI is InChI=1S/C12H10BrN3O3/c1-16-12(14)7(3-15-16)9-8(13)2-6(4-17)10-11(9)19-5-18-10/h2-4H,5,14H2,1H3. The van der Waals surface area contributed by atoms with Crippen LogP contribution in [0.15, 0.2) is 16.7 Å². The molecule has 3 rings (SSSR count). The van der Waals surface area contributed by atoms with Gasteiger partial charge in [-0.1, -0.05) is 0 Å². The maximum atomic E-state index is 11.0. The van der Waals surface area contributed by atoms with E-state index in [2.05, 4.69) is 21.0 Å². The lowest BCUT2D eigenvalue weighted by molar-refractivity contribution is 0.111. The van der Waals surface area contributed by atoms with E-state index >= 15 is 0 Å². The zero-order chi connectivity index (χ0) is 13.6. The third-order valence-electron chi connectivity index (χ3n) is 3.00. The predicted octanol–water partition coefficient (Wildman–Crippen LogP) is 1.97. The Kier molecular flexibility index (Phi) is 2.70. The number of aryl methyl sites for hydroxylation is 1. The van der Waals surface area contributed by atoms with E-state index in [0.717, 1.165) is 17.4 Å². The van der Waals surface area contributed by atoms with Crippen molar-refractivity contribution in [2.24, 2.45) is 7.05 Å². The number of nitrogens with two attached hydrogens (primary N) is 1. The molecule has 0 fully saturated rings. The van der Waals surface area contributed by atoms with Gasteiger partial charge in [0.1, 0.15) is 5.82 Å². The molecule has 7 heteroatoms. The zero-order valence-electron chi connectivity index (χ0n) is 10.0. The molecule has 0 spiro atoms. The Morgan fingerprint density at radius 2 is 2.21 bits per heavy atom. The van der Waals surface area contributed by atoms with Crippen molar-refractivity contribution in [1.29, 1.82) is 0 Å². The summed E-state index contributed by atoms with van der Waals surface area (Å²) < 4.78 is 13.1. The molecule has 1 aliphatic heterocycles. The number of aldehydes is 1. The lowest BCUT2D eigenvalue weighted by Gasteiger charge is -2.09. The summed E-state index contributed by atoms with van der Waals surface area (Å²) in [4.78, 5) is 11.0. The second-order valence-electron chi connectivity index (χ2n) is 4.07. The molecule has 2 heterocycles. The number of halogens is 1. The van der Waals surface area contributed by atoms with Gasteiger partial charge in [-0.3, -0.25) is 9.48 Å². The highest BCUT2D eigenvalue weighted by atomic mass is 79.9. The normalized spacial score (nSPS) is 12.7. The SMILES string of the molecule is Cn1ncc(-c2c(Br)cc(C=O)c3c2OCO3)c1N. The average Bonchev–Trinajstić information content (AvgIpc) is 2.99. The van der Waals surface area contributed by atoms with Crippen molar-refractivity contribution in [3.8, 4) is 22.6 Å². The number of ether oxygens (including phenoxy) is 2. The maximum Gasteiger partial charge on any atom is 0.231 e. The third-order valence-corrected chi connectivity index (χ3v) is 3.63. The Bertz CT molecular complexity index is 681. The molecule has 0 unspecified atom stereocenters. The molecule has 1 aliphatic rings. The highest BCUT2D eigenvalue weighted by Gasteiger charge is 2.27. The van der Waals surface area contributed by atoms with Gasteiger partial charge in [0, 0.05) is 22.6 Å². The molecule has 19 heavy (non-hydrogen) atoms. The van der Waals surface area contributed by atoms with Crippen LogP contribution in [0.1, 0.15) is 10.4 Å². The molecule has 98 valence electrons. The van der Waals surface area contributed by atoms with Crippen LogP contribution in [0.2, 0.25) is 0 Å².